The summed E-state index contributed by atoms with van der Waals surface area (Å²) in [7, 11) is 0. The van der Waals surface area contributed by atoms with Crippen molar-refractivity contribution in [2.75, 3.05) is 13.3 Å². The average Bonchev–Trinajstić information content (AvgIpc) is 3.28. The number of halogens is 1. The first-order chi connectivity index (χ1) is 13.1. The number of hydrogen-bond donors (Lipinski definition) is 1. The van der Waals surface area contributed by atoms with Gasteiger partial charge in [0, 0.05) is 26.1 Å². The molecule has 1 atom stereocenters. The number of carbonyl (C=O) groups excluding carboxylic acids is 2. The monoisotopic (exact) mass is 370 g/mol. The number of likely N-dealkylation sites (tertiary alicyclic amines) is 1. The lowest BCUT2D eigenvalue weighted by Crippen LogP contribution is -2.32. The van der Waals surface area contributed by atoms with Crippen LogP contribution in [-0.4, -0.2) is 30.1 Å². The lowest BCUT2D eigenvalue weighted by molar-refractivity contribution is -0.129. The second kappa shape index (κ2) is 7.26. The summed E-state index contributed by atoms with van der Waals surface area (Å²) in [6.07, 6.45) is 0.189. The third-order valence-corrected chi connectivity index (χ3v) is 4.78. The van der Waals surface area contributed by atoms with Gasteiger partial charge in [0.2, 0.25) is 18.6 Å². The van der Waals surface area contributed by atoms with Gasteiger partial charge in [-0.1, -0.05) is 18.2 Å². The summed E-state index contributed by atoms with van der Waals surface area (Å²) < 4.78 is 23.6. The smallest absolute Gasteiger partial charge is 0.231 e. The van der Waals surface area contributed by atoms with Crippen molar-refractivity contribution < 1.29 is 23.5 Å². The number of hydrogen-bond acceptors (Lipinski definition) is 4. The topological polar surface area (TPSA) is 67.9 Å². The van der Waals surface area contributed by atoms with E-state index in [4.69, 9.17) is 9.47 Å². The molecule has 27 heavy (non-hydrogen) atoms. The summed E-state index contributed by atoms with van der Waals surface area (Å²) in [4.78, 5) is 26.3. The van der Waals surface area contributed by atoms with E-state index in [9.17, 15) is 14.0 Å². The van der Waals surface area contributed by atoms with Crippen LogP contribution in [0.15, 0.2) is 42.5 Å². The molecule has 4 rings (SSSR count). The number of nitrogens with zero attached hydrogens (tertiary/aromatic N) is 1. The van der Waals surface area contributed by atoms with Crippen LogP contribution in [0.5, 0.6) is 11.5 Å². The maximum Gasteiger partial charge on any atom is 0.231 e. The molecule has 0 spiro atoms. The minimum atomic E-state index is -0.382. The molecule has 2 aromatic rings. The Labute approximate surface area is 155 Å². The molecule has 1 N–H and O–H groups in total. The molecule has 7 heteroatoms. The Bertz CT molecular complexity index is 869. The fraction of sp³-hybridized carbons (Fsp3) is 0.300. The molecular formula is C20H19FN2O4. The van der Waals surface area contributed by atoms with Crippen molar-refractivity contribution in [1.82, 2.24) is 10.2 Å². The zero-order valence-electron chi connectivity index (χ0n) is 14.6. The van der Waals surface area contributed by atoms with Gasteiger partial charge in [-0.15, -0.1) is 0 Å². The zero-order chi connectivity index (χ0) is 18.8. The highest BCUT2D eigenvalue weighted by molar-refractivity contribution is 5.89. The number of amides is 2. The summed E-state index contributed by atoms with van der Waals surface area (Å²) in [6, 6.07) is 11.5. The molecule has 6 nitrogen and oxygen atoms in total. The maximum atomic E-state index is 13.0. The van der Waals surface area contributed by atoms with Gasteiger partial charge in [0.1, 0.15) is 5.82 Å². The Balaban J connectivity index is 1.31. The van der Waals surface area contributed by atoms with Gasteiger partial charge < -0.3 is 19.7 Å². The van der Waals surface area contributed by atoms with Crippen LogP contribution >= 0.6 is 0 Å². The number of fused-ring (bicyclic) bond motifs is 1. The minimum absolute atomic E-state index is 0.0671. The lowest BCUT2D eigenvalue weighted by atomic mass is 10.1. The third kappa shape index (κ3) is 3.86. The molecular weight excluding hydrogens is 351 g/mol. The van der Waals surface area contributed by atoms with Crippen molar-refractivity contribution in [3.8, 4) is 11.5 Å². The van der Waals surface area contributed by atoms with E-state index in [1.54, 1.807) is 17.0 Å². The van der Waals surface area contributed by atoms with Crippen molar-refractivity contribution in [2.24, 2.45) is 5.92 Å². The van der Waals surface area contributed by atoms with Gasteiger partial charge in [0.05, 0.1) is 5.92 Å². The highest BCUT2D eigenvalue weighted by Crippen LogP contribution is 2.32. The highest BCUT2D eigenvalue weighted by atomic mass is 19.1. The molecule has 2 heterocycles. The van der Waals surface area contributed by atoms with E-state index in [0.29, 0.717) is 31.1 Å². The van der Waals surface area contributed by atoms with Gasteiger partial charge >= 0.3 is 0 Å². The maximum absolute atomic E-state index is 13.0. The van der Waals surface area contributed by atoms with E-state index in [1.165, 1.54) is 12.1 Å². The van der Waals surface area contributed by atoms with Gasteiger partial charge in [-0.3, -0.25) is 9.59 Å². The van der Waals surface area contributed by atoms with Crippen molar-refractivity contribution in [1.29, 1.82) is 0 Å². The summed E-state index contributed by atoms with van der Waals surface area (Å²) in [5, 5.41) is 2.88. The second-order valence-corrected chi connectivity index (χ2v) is 6.71. The zero-order valence-corrected chi connectivity index (χ0v) is 14.6. The largest absolute Gasteiger partial charge is 0.454 e. The van der Waals surface area contributed by atoms with E-state index in [0.717, 1.165) is 11.1 Å². The fourth-order valence-electron chi connectivity index (χ4n) is 3.30. The molecule has 1 saturated heterocycles. The van der Waals surface area contributed by atoms with Crippen LogP contribution in [0.3, 0.4) is 0 Å². The number of ether oxygens (including phenoxy) is 2. The third-order valence-electron chi connectivity index (χ3n) is 4.78. The molecule has 0 aromatic heterocycles. The van der Waals surface area contributed by atoms with Crippen molar-refractivity contribution in [2.45, 2.75) is 19.5 Å². The van der Waals surface area contributed by atoms with Crippen LogP contribution in [0.1, 0.15) is 17.5 Å². The van der Waals surface area contributed by atoms with Crippen molar-refractivity contribution in [3.63, 3.8) is 0 Å². The molecule has 2 aromatic carbocycles. The summed E-state index contributed by atoms with van der Waals surface area (Å²) in [5.74, 6) is 0.454. The van der Waals surface area contributed by atoms with Gasteiger partial charge in [0.25, 0.3) is 0 Å². The Kier molecular flexibility index (Phi) is 4.66. The van der Waals surface area contributed by atoms with Crippen LogP contribution in [0.25, 0.3) is 0 Å². The normalized spacial score (nSPS) is 18.0. The van der Waals surface area contributed by atoms with E-state index in [-0.39, 0.29) is 36.8 Å². The molecule has 0 bridgehead atoms. The van der Waals surface area contributed by atoms with Crippen LogP contribution in [0.2, 0.25) is 0 Å². The molecule has 0 saturated carbocycles. The van der Waals surface area contributed by atoms with E-state index < -0.39 is 0 Å². The number of benzene rings is 2. The molecule has 1 fully saturated rings. The van der Waals surface area contributed by atoms with Gasteiger partial charge in [-0.2, -0.15) is 0 Å². The Morgan fingerprint density at radius 2 is 1.85 bits per heavy atom. The molecule has 2 aliphatic heterocycles. The van der Waals surface area contributed by atoms with Crippen molar-refractivity contribution >= 4 is 11.8 Å². The Morgan fingerprint density at radius 1 is 1.11 bits per heavy atom. The van der Waals surface area contributed by atoms with Gasteiger partial charge in [-0.25, -0.2) is 4.39 Å². The SMILES string of the molecule is O=C(NCc1ccc2c(c1)OCO2)[C@@H]1CC(=O)N(Cc2ccc(F)cc2)C1. The first-order valence-corrected chi connectivity index (χ1v) is 8.77. The summed E-state index contributed by atoms with van der Waals surface area (Å²) >= 11 is 0. The van der Waals surface area contributed by atoms with Crippen LogP contribution in [0, 0.1) is 11.7 Å². The summed E-state index contributed by atoms with van der Waals surface area (Å²) in [6.45, 7) is 1.31. The van der Waals surface area contributed by atoms with E-state index >= 15 is 0 Å². The van der Waals surface area contributed by atoms with Crippen LogP contribution in [0.4, 0.5) is 4.39 Å². The number of carbonyl (C=O) groups is 2. The Hall–Kier alpha value is -3.09. The van der Waals surface area contributed by atoms with Gasteiger partial charge in [0.15, 0.2) is 11.5 Å². The quantitative estimate of drug-likeness (QED) is 0.876. The molecule has 2 aliphatic rings. The number of nitrogens with one attached hydrogen (secondary N) is 1. The minimum Gasteiger partial charge on any atom is -0.454 e. The summed E-state index contributed by atoms with van der Waals surface area (Å²) in [5.41, 5.74) is 1.74. The molecule has 140 valence electrons. The highest BCUT2D eigenvalue weighted by Gasteiger charge is 2.34. The van der Waals surface area contributed by atoms with E-state index in [1.807, 2.05) is 18.2 Å². The standard InChI is InChI=1S/C20H19FN2O4/c21-16-4-1-13(2-5-16)10-23-11-15(8-19(23)24)20(25)22-9-14-3-6-17-18(7-14)27-12-26-17/h1-7,15H,8-12H2,(H,22,25)/t15-/m1/s1. The molecule has 2 amide bonds. The second-order valence-electron chi connectivity index (χ2n) is 6.71. The molecule has 0 radical (unpaired) electrons. The predicted molar refractivity (Wildman–Crippen MR) is 94.3 cm³/mol. The fourth-order valence-corrected chi connectivity index (χ4v) is 3.30. The van der Waals surface area contributed by atoms with E-state index in [2.05, 4.69) is 5.32 Å². The van der Waals surface area contributed by atoms with Crippen LogP contribution < -0.4 is 14.8 Å². The van der Waals surface area contributed by atoms with Crippen molar-refractivity contribution in [3.05, 3.63) is 59.4 Å². The Morgan fingerprint density at radius 3 is 2.67 bits per heavy atom. The number of rotatable bonds is 5. The lowest BCUT2D eigenvalue weighted by Gasteiger charge is -2.16. The predicted octanol–water partition coefficient (Wildman–Crippen LogP) is 2.22. The molecule has 0 unspecified atom stereocenters. The first kappa shape index (κ1) is 17.3. The molecule has 0 aliphatic carbocycles. The van der Waals surface area contributed by atoms with Gasteiger partial charge in [-0.05, 0) is 35.4 Å². The van der Waals surface area contributed by atoms with Crippen LogP contribution in [-0.2, 0) is 22.7 Å². The average molecular weight is 370 g/mol. The first-order valence-electron chi connectivity index (χ1n) is 8.77.